The number of aliphatic hydroxyl groups is 1. The molecular formula is C15H21NO5. The van der Waals surface area contributed by atoms with Gasteiger partial charge in [0.1, 0.15) is 5.75 Å². The molecule has 1 aromatic rings. The van der Waals surface area contributed by atoms with Crippen LogP contribution in [0.4, 0.5) is 0 Å². The molecule has 0 aliphatic rings. The van der Waals surface area contributed by atoms with Gasteiger partial charge >= 0.3 is 5.97 Å². The number of carbonyl (C=O) groups is 2. The standard InChI is InChI=1S/C15H21NO5/c1-10-5-4-6-12(11(10)2)21-8-7-13(17)16-9-15(3,20)14(18)19/h4-6,20H,7-9H2,1-3H3,(H,16,17)(H,18,19). The summed E-state index contributed by atoms with van der Waals surface area (Å²) < 4.78 is 5.53. The van der Waals surface area contributed by atoms with Crippen molar-refractivity contribution in [1.82, 2.24) is 5.32 Å². The average molecular weight is 295 g/mol. The Morgan fingerprint density at radius 3 is 2.62 bits per heavy atom. The molecule has 0 radical (unpaired) electrons. The molecule has 21 heavy (non-hydrogen) atoms. The first-order valence-electron chi connectivity index (χ1n) is 6.65. The topological polar surface area (TPSA) is 95.9 Å². The lowest BCUT2D eigenvalue weighted by Gasteiger charge is -2.18. The Hall–Kier alpha value is -2.08. The van der Waals surface area contributed by atoms with Gasteiger partial charge in [0, 0.05) is 0 Å². The summed E-state index contributed by atoms with van der Waals surface area (Å²) in [6.07, 6.45) is 0.0864. The second-order valence-electron chi connectivity index (χ2n) is 5.15. The van der Waals surface area contributed by atoms with Gasteiger partial charge in [0.2, 0.25) is 5.91 Å². The number of hydrogen-bond donors (Lipinski definition) is 3. The van der Waals surface area contributed by atoms with E-state index >= 15 is 0 Å². The summed E-state index contributed by atoms with van der Waals surface area (Å²) in [6.45, 7) is 4.88. The quantitative estimate of drug-likeness (QED) is 0.698. The molecular weight excluding hydrogens is 274 g/mol. The lowest BCUT2D eigenvalue weighted by Crippen LogP contribution is -2.46. The third-order valence-corrected chi connectivity index (χ3v) is 3.23. The van der Waals surface area contributed by atoms with Crippen molar-refractivity contribution in [2.75, 3.05) is 13.2 Å². The largest absolute Gasteiger partial charge is 0.493 e. The van der Waals surface area contributed by atoms with Crippen molar-refractivity contribution in [1.29, 1.82) is 0 Å². The lowest BCUT2D eigenvalue weighted by molar-refractivity contribution is -0.156. The van der Waals surface area contributed by atoms with Gasteiger partial charge in [0.25, 0.3) is 0 Å². The molecule has 116 valence electrons. The van der Waals surface area contributed by atoms with Gasteiger partial charge in [-0.3, -0.25) is 4.79 Å². The third kappa shape index (κ3) is 5.07. The molecule has 6 heteroatoms. The number of rotatable bonds is 7. The summed E-state index contributed by atoms with van der Waals surface area (Å²) in [6, 6.07) is 5.68. The van der Waals surface area contributed by atoms with E-state index in [9.17, 15) is 14.7 Å². The Morgan fingerprint density at radius 1 is 1.33 bits per heavy atom. The highest BCUT2D eigenvalue weighted by molar-refractivity contribution is 5.80. The second kappa shape index (κ2) is 7.08. The van der Waals surface area contributed by atoms with Crippen LogP contribution in [-0.4, -0.2) is 40.8 Å². The predicted molar refractivity (Wildman–Crippen MR) is 77.3 cm³/mol. The van der Waals surface area contributed by atoms with E-state index in [1.807, 2.05) is 32.0 Å². The maximum atomic E-state index is 11.6. The Morgan fingerprint density at radius 2 is 2.00 bits per heavy atom. The highest BCUT2D eigenvalue weighted by Crippen LogP contribution is 2.20. The molecule has 1 unspecified atom stereocenters. The van der Waals surface area contributed by atoms with Gasteiger partial charge in [-0.1, -0.05) is 12.1 Å². The Balaban J connectivity index is 2.37. The lowest BCUT2D eigenvalue weighted by atomic mass is 10.1. The van der Waals surface area contributed by atoms with Gasteiger partial charge in [-0.2, -0.15) is 0 Å². The number of ether oxygens (including phenoxy) is 1. The van der Waals surface area contributed by atoms with Crippen LogP contribution in [0.15, 0.2) is 18.2 Å². The molecule has 0 aliphatic carbocycles. The number of hydrogen-bond acceptors (Lipinski definition) is 4. The summed E-state index contributed by atoms with van der Waals surface area (Å²) in [7, 11) is 0. The van der Waals surface area contributed by atoms with Crippen molar-refractivity contribution >= 4 is 11.9 Å². The Labute approximate surface area is 123 Å². The van der Waals surface area contributed by atoms with Crippen LogP contribution in [0.2, 0.25) is 0 Å². The van der Waals surface area contributed by atoms with Crippen LogP contribution in [0.25, 0.3) is 0 Å². The van der Waals surface area contributed by atoms with E-state index in [1.54, 1.807) is 0 Å². The summed E-state index contributed by atoms with van der Waals surface area (Å²) in [5, 5.41) is 20.5. The zero-order valence-corrected chi connectivity index (χ0v) is 12.5. The minimum absolute atomic E-state index is 0.0864. The molecule has 1 amide bonds. The van der Waals surface area contributed by atoms with Gasteiger partial charge in [0.05, 0.1) is 19.6 Å². The molecule has 0 heterocycles. The molecule has 0 aliphatic heterocycles. The molecule has 0 fully saturated rings. The predicted octanol–water partition coefficient (Wildman–Crippen LogP) is 1.02. The fraction of sp³-hybridized carbons (Fsp3) is 0.467. The summed E-state index contributed by atoms with van der Waals surface area (Å²) in [5.41, 5.74) is 0.157. The van der Waals surface area contributed by atoms with Gasteiger partial charge in [0.15, 0.2) is 5.60 Å². The molecule has 6 nitrogen and oxygen atoms in total. The number of aryl methyl sites for hydroxylation is 1. The van der Waals surface area contributed by atoms with Crippen molar-refractivity contribution < 1.29 is 24.5 Å². The van der Waals surface area contributed by atoms with Crippen molar-refractivity contribution in [3.05, 3.63) is 29.3 Å². The minimum atomic E-state index is -1.97. The number of amides is 1. The smallest absolute Gasteiger partial charge is 0.337 e. The highest BCUT2D eigenvalue weighted by atomic mass is 16.5. The number of nitrogens with one attached hydrogen (secondary N) is 1. The fourth-order valence-electron chi connectivity index (χ4n) is 1.57. The SMILES string of the molecule is Cc1cccc(OCCC(=O)NCC(C)(O)C(=O)O)c1C. The zero-order chi connectivity index (χ0) is 16.0. The molecule has 0 saturated carbocycles. The fourth-order valence-corrected chi connectivity index (χ4v) is 1.57. The van der Waals surface area contributed by atoms with E-state index in [-0.39, 0.29) is 25.5 Å². The average Bonchev–Trinajstić information content (AvgIpc) is 2.41. The molecule has 0 saturated heterocycles. The van der Waals surface area contributed by atoms with Crippen molar-refractivity contribution in [2.24, 2.45) is 0 Å². The van der Waals surface area contributed by atoms with E-state index in [4.69, 9.17) is 9.84 Å². The molecule has 0 spiro atoms. The first kappa shape index (κ1) is 17.0. The Bertz CT molecular complexity index is 525. The molecule has 1 rings (SSSR count). The molecule has 3 N–H and O–H groups in total. The number of carboxylic acids is 1. The highest BCUT2D eigenvalue weighted by Gasteiger charge is 2.30. The third-order valence-electron chi connectivity index (χ3n) is 3.23. The summed E-state index contributed by atoms with van der Waals surface area (Å²) in [5.74, 6) is -1.03. The summed E-state index contributed by atoms with van der Waals surface area (Å²) >= 11 is 0. The Kier molecular flexibility index (Phi) is 5.72. The van der Waals surface area contributed by atoms with E-state index in [0.717, 1.165) is 23.8 Å². The van der Waals surface area contributed by atoms with Gasteiger partial charge in [-0.15, -0.1) is 0 Å². The van der Waals surface area contributed by atoms with Gasteiger partial charge < -0.3 is 20.3 Å². The van der Waals surface area contributed by atoms with Gasteiger partial charge in [-0.05, 0) is 38.0 Å². The van der Waals surface area contributed by atoms with Crippen molar-refractivity contribution in [3.8, 4) is 5.75 Å². The summed E-state index contributed by atoms with van der Waals surface area (Å²) in [4.78, 5) is 22.2. The molecule has 0 bridgehead atoms. The molecule has 1 atom stereocenters. The van der Waals surface area contributed by atoms with E-state index in [2.05, 4.69) is 5.32 Å². The minimum Gasteiger partial charge on any atom is -0.493 e. The van der Waals surface area contributed by atoms with Crippen LogP contribution >= 0.6 is 0 Å². The monoisotopic (exact) mass is 295 g/mol. The van der Waals surface area contributed by atoms with Crippen LogP contribution < -0.4 is 10.1 Å². The van der Waals surface area contributed by atoms with Crippen molar-refractivity contribution in [2.45, 2.75) is 32.8 Å². The van der Waals surface area contributed by atoms with Crippen LogP contribution in [0.1, 0.15) is 24.5 Å². The first-order valence-corrected chi connectivity index (χ1v) is 6.65. The first-order chi connectivity index (χ1) is 9.74. The molecule has 0 aromatic heterocycles. The van der Waals surface area contributed by atoms with Crippen LogP contribution in [0.3, 0.4) is 0 Å². The number of aliphatic carboxylic acids is 1. The number of carbonyl (C=O) groups excluding carboxylic acids is 1. The van der Waals surface area contributed by atoms with Crippen LogP contribution in [-0.2, 0) is 9.59 Å². The normalized spacial score (nSPS) is 13.3. The van der Waals surface area contributed by atoms with E-state index < -0.39 is 11.6 Å². The maximum absolute atomic E-state index is 11.6. The zero-order valence-electron chi connectivity index (χ0n) is 12.5. The van der Waals surface area contributed by atoms with Gasteiger partial charge in [-0.25, -0.2) is 4.79 Å². The van der Waals surface area contributed by atoms with Crippen LogP contribution in [0, 0.1) is 13.8 Å². The second-order valence-corrected chi connectivity index (χ2v) is 5.15. The van der Waals surface area contributed by atoms with E-state index in [0.29, 0.717) is 0 Å². The molecule has 1 aromatic carbocycles. The van der Waals surface area contributed by atoms with Crippen LogP contribution in [0.5, 0.6) is 5.75 Å². The number of carboxylic acid groups (broad SMARTS) is 1. The van der Waals surface area contributed by atoms with E-state index in [1.165, 1.54) is 0 Å². The number of benzene rings is 1. The maximum Gasteiger partial charge on any atom is 0.337 e. The van der Waals surface area contributed by atoms with Crippen molar-refractivity contribution in [3.63, 3.8) is 0 Å².